The lowest BCUT2D eigenvalue weighted by molar-refractivity contribution is -0.137. The van der Waals surface area contributed by atoms with Crippen LogP contribution in [0.5, 0.6) is 0 Å². The highest BCUT2D eigenvalue weighted by Gasteiger charge is 2.35. The van der Waals surface area contributed by atoms with E-state index < -0.39 is 29.4 Å². The highest BCUT2D eigenvalue weighted by Crippen LogP contribution is 2.34. The van der Waals surface area contributed by atoms with Crippen molar-refractivity contribution < 1.29 is 22.4 Å². The molecule has 1 amide bonds. The van der Waals surface area contributed by atoms with Crippen LogP contribution in [0, 0.1) is 5.82 Å². The van der Waals surface area contributed by atoms with E-state index in [1.165, 1.54) is 36.4 Å². The third kappa shape index (κ3) is 3.55. The molecule has 0 spiro atoms. The Labute approximate surface area is 141 Å². The molecule has 130 valence electrons. The number of anilines is 1. The maximum Gasteiger partial charge on any atom is 0.416 e. The summed E-state index contributed by atoms with van der Waals surface area (Å²) >= 11 is 0. The lowest BCUT2D eigenvalue weighted by Crippen LogP contribution is -2.36. The largest absolute Gasteiger partial charge is 0.416 e. The second-order valence-corrected chi connectivity index (χ2v) is 5.84. The molecule has 7 heteroatoms. The smallest absolute Gasteiger partial charge is 0.272 e. The molecule has 0 saturated carbocycles. The van der Waals surface area contributed by atoms with Crippen LogP contribution in [-0.4, -0.2) is 11.6 Å². The maximum absolute atomic E-state index is 13.1. The first kappa shape index (κ1) is 17.1. The summed E-state index contributed by atoms with van der Waals surface area (Å²) in [5.41, 5.74) is 0.446. The van der Waals surface area contributed by atoms with Crippen LogP contribution in [0.3, 0.4) is 0 Å². The molecule has 0 radical (unpaired) electrons. The van der Waals surface area contributed by atoms with Crippen molar-refractivity contribution in [2.24, 2.45) is 5.10 Å². The number of hydrazone groups is 1. The molecule has 1 aliphatic rings. The second kappa shape index (κ2) is 6.31. The van der Waals surface area contributed by atoms with E-state index in [0.29, 0.717) is 11.4 Å². The average Bonchev–Trinajstić information content (AvgIpc) is 2.57. The summed E-state index contributed by atoms with van der Waals surface area (Å²) in [5.74, 6) is -1.68. The average molecular weight is 350 g/mol. The summed E-state index contributed by atoms with van der Waals surface area (Å²) in [4.78, 5) is 12.8. The minimum Gasteiger partial charge on any atom is -0.272 e. The van der Waals surface area contributed by atoms with Gasteiger partial charge in [-0.2, -0.15) is 18.3 Å². The molecular weight excluding hydrogens is 336 g/mol. The van der Waals surface area contributed by atoms with Crippen molar-refractivity contribution >= 4 is 17.3 Å². The Hall–Kier alpha value is -2.70. The van der Waals surface area contributed by atoms with Gasteiger partial charge in [0.1, 0.15) is 5.82 Å². The molecule has 25 heavy (non-hydrogen) atoms. The van der Waals surface area contributed by atoms with Gasteiger partial charge in [0.15, 0.2) is 0 Å². The van der Waals surface area contributed by atoms with Gasteiger partial charge in [0.05, 0.1) is 17.2 Å². The van der Waals surface area contributed by atoms with Crippen LogP contribution in [0.1, 0.15) is 30.4 Å². The quantitative estimate of drug-likeness (QED) is 0.720. The molecule has 1 heterocycles. The van der Waals surface area contributed by atoms with Gasteiger partial charge in [-0.1, -0.05) is 18.2 Å². The molecule has 0 aliphatic carbocycles. The third-order valence-electron chi connectivity index (χ3n) is 3.96. The van der Waals surface area contributed by atoms with Gasteiger partial charge in [-0.05, 0) is 42.8 Å². The summed E-state index contributed by atoms with van der Waals surface area (Å²) < 4.78 is 51.9. The summed E-state index contributed by atoms with van der Waals surface area (Å²) in [6, 6.07) is 9.94. The molecular formula is C18H14F4N2O. The molecule has 0 bridgehead atoms. The highest BCUT2D eigenvalue weighted by molar-refractivity contribution is 6.05. The van der Waals surface area contributed by atoms with Crippen molar-refractivity contribution in [2.45, 2.75) is 25.4 Å². The standard InChI is InChI=1S/C18H14F4N2O/c1-11-9-16(12-3-2-4-13(10-12)18(20,21)22)17(25)24(23-11)15-7-5-14(19)6-8-15/h2-8,10,16H,9H2,1H3. The number of hydrogen-bond acceptors (Lipinski definition) is 2. The normalized spacial score (nSPS) is 18.3. The SMILES string of the molecule is CC1=NN(c2ccc(F)cc2)C(=O)C(c2cccc(C(F)(F)F)c2)C1. The molecule has 2 aromatic rings. The number of halogens is 4. The number of hydrogen-bond donors (Lipinski definition) is 0. The van der Waals surface area contributed by atoms with E-state index in [1.54, 1.807) is 6.92 Å². The fourth-order valence-corrected chi connectivity index (χ4v) is 2.75. The van der Waals surface area contributed by atoms with Crippen LogP contribution in [0.2, 0.25) is 0 Å². The van der Waals surface area contributed by atoms with Gasteiger partial charge in [-0.25, -0.2) is 9.40 Å². The van der Waals surface area contributed by atoms with Crippen molar-refractivity contribution in [3.63, 3.8) is 0 Å². The maximum atomic E-state index is 13.1. The molecule has 3 nitrogen and oxygen atoms in total. The Morgan fingerprint density at radius 3 is 2.44 bits per heavy atom. The van der Waals surface area contributed by atoms with Crippen LogP contribution in [0.15, 0.2) is 53.6 Å². The van der Waals surface area contributed by atoms with E-state index in [1.807, 2.05) is 0 Å². The van der Waals surface area contributed by atoms with Crippen molar-refractivity contribution in [1.29, 1.82) is 0 Å². The fourth-order valence-electron chi connectivity index (χ4n) is 2.75. The van der Waals surface area contributed by atoms with E-state index in [0.717, 1.165) is 17.1 Å². The highest BCUT2D eigenvalue weighted by atomic mass is 19.4. The van der Waals surface area contributed by atoms with Crippen LogP contribution >= 0.6 is 0 Å². The van der Waals surface area contributed by atoms with Gasteiger partial charge in [0, 0.05) is 12.1 Å². The van der Waals surface area contributed by atoms with Gasteiger partial charge in [0.25, 0.3) is 5.91 Å². The number of amides is 1. The molecule has 2 aromatic carbocycles. The summed E-state index contributed by atoms with van der Waals surface area (Å²) in [6.07, 6.45) is -4.24. The summed E-state index contributed by atoms with van der Waals surface area (Å²) in [7, 11) is 0. The Morgan fingerprint density at radius 2 is 1.80 bits per heavy atom. The monoisotopic (exact) mass is 350 g/mol. The van der Waals surface area contributed by atoms with Gasteiger partial charge in [-0.15, -0.1) is 0 Å². The van der Waals surface area contributed by atoms with E-state index in [-0.39, 0.29) is 12.0 Å². The van der Waals surface area contributed by atoms with Gasteiger partial charge < -0.3 is 0 Å². The van der Waals surface area contributed by atoms with E-state index in [9.17, 15) is 22.4 Å². The van der Waals surface area contributed by atoms with Crippen molar-refractivity contribution in [3.8, 4) is 0 Å². The Kier molecular flexibility index (Phi) is 4.32. The molecule has 1 aliphatic heterocycles. The first-order chi connectivity index (χ1) is 11.8. The summed E-state index contributed by atoms with van der Waals surface area (Å²) in [5, 5.41) is 5.28. The van der Waals surface area contributed by atoms with Crippen molar-refractivity contribution in [1.82, 2.24) is 0 Å². The molecule has 0 aromatic heterocycles. The number of alkyl halides is 3. The number of carbonyl (C=O) groups excluding carboxylic acids is 1. The number of carbonyl (C=O) groups is 1. The van der Waals surface area contributed by atoms with Crippen LogP contribution < -0.4 is 5.01 Å². The Morgan fingerprint density at radius 1 is 1.12 bits per heavy atom. The fraction of sp³-hybridized carbons (Fsp3) is 0.222. The van der Waals surface area contributed by atoms with E-state index in [2.05, 4.69) is 5.10 Å². The predicted octanol–water partition coefficient (Wildman–Crippen LogP) is 4.74. The number of nitrogens with zero attached hydrogens (tertiary/aromatic N) is 2. The second-order valence-electron chi connectivity index (χ2n) is 5.84. The molecule has 3 rings (SSSR count). The van der Waals surface area contributed by atoms with Gasteiger partial charge in [-0.3, -0.25) is 4.79 Å². The number of benzene rings is 2. The predicted molar refractivity (Wildman–Crippen MR) is 85.8 cm³/mol. The zero-order chi connectivity index (χ0) is 18.2. The zero-order valence-electron chi connectivity index (χ0n) is 13.2. The number of rotatable bonds is 2. The lowest BCUT2D eigenvalue weighted by Gasteiger charge is -2.29. The zero-order valence-corrected chi connectivity index (χ0v) is 13.2. The first-order valence-corrected chi connectivity index (χ1v) is 7.56. The van der Waals surface area contributed by atoms with E-state index >= 15 is 0 Å². The molecule has 0 fully saturated rings. The summed E-state index contributed by atoms with van der Waals surface area (Å²) in [6.45, 7) is 1.70. The van der Waals surface area contributed by atoms with Crippen LogP contribution in [0.4, 0.5) is 23.2 Å². The first-order valence-electron chi connectivity index (χ1n) is 7.56. The topological polar surface area (TPSA) is 32.7 Å². The van der Waals surface area contributed by atoms with Gasteiger partial charge in [0.2, 0.25) is 0 Å². The van der Waals surface area contributed by atoms with Crippen molar-refractivity contribution in [3.05, 3.63) is 65.5 Å². The molecule has 0 saturated heterocycles. The molecule has 1 atom stereocenters. The Balaban J connectivity index is 1.97. The molecule has 0 N–H and O–H groups in total. The lowest BCUT2D eigenvalue weighted by atomic mass is 9.90. The van der Waals surface area contributed by atoms with E-state index in [4.69, 9.17) is 0 Å². The van der Waals surface area contributed by atoms with Crippen LogP contribution in [0.25, 0.3) is 0 Å². The minimum atomic E-state index is -4.48. The third-order valence-corrected chi connectivity index (χ3v) is 3.96. The Bertz CT molecular complexity index is 828. The van der Waals surface area contributed by atoms with Crippen molar-refractivity contribution in [2.75, 3.05) is 5.01 Å². The van der Waals surface area contributed by atoms with Gasteiger partial charge >= 0.3 is 6.18 Å². The minimum absolute atomic E-state index is 0.234. The van der Waals surface area contributed by atoms with Crippen LogP contribution in [-0.2, 0) is 11.0 Å². The molecule has 1 unspecified atom stereocenters.